The number of nitrogens with one attached hydrogen (secondary N) is 1. The first-order valence-corrected chi connectivity index (χ1v) is 7.57. The van der Waals surface area contributed by atoms with Crippen molar-refractivity contribution in [2.75, 3.05) is 18.5 Å². The van der Waals surface area contributed by atoms with Gasteiger partial charge < -0.3 is 10.1 Å². The number of fused-ring (bicyclic) bond motifs is 1. The minimum absolute atomic E-state index is 0.264. The molecule has 4 nitrogen and oxygen atoms in total. The van der Waals surface area contributed by atoms with Crippen LogP contribution in [0.25, 0.3) is 0 Å². The summed E-state index contributed by atoms with van der Waals surface area (Å²) in [6.07, 6.45) is 6.96. The predicted molar refractivity (Wildman–Crippen MR) is 77.8 cm³/mol. The fraction of sp³-hybridized carbons (Fsp3) is 0.625. The lowest BCUT2D eigenvalue weighted by molar-refractivity contribution is 0.120. The van der Waals surface area contributed by atoms with Gasteiger partial charge in [-0.15, -0.1) is 0 Å². The Kier molecular flexibility index (Phi) is 3.88. The van der Waals surface area contributed by atoms with E-state index in [2.05, 4.69) is 23.3 Å². The Morgan fingerprint density at radius 2 is 2.10 bits per heavy atom. The molecule has 1 aliphatic carbocycles. The molecule has 1 fully saturated rings. The first-order chi connectivity index (χ1) is 9.79. The van der Waals surface area contributed by atoms with E-state index >= 15 is 0 Å². The van der Waals surface area contributed by atoms with Gasteiger partial charge in [-0.2, -0.15) is 5.26 Å². The average molecular weight is 271 g/mol. The number of rotatable bonds is 3. The van der Waals surface area contributed by atoms with Crippen molar-refractivity contribution in [2.24, 2.45) is 0 Å². The zero-order valence-corrected chi connectivity index (χ0v) is 12.0. The molecular weight excluding hydrogens is 250 g/mol. The number of nitriles is 1. The molecule has 2 aliphatic rings. The zero-order valence-electron chi connectivity index (χ0n) is 12.0. The standard InChI is InChI=1S/C16H21N3O/c1-11-13-6-2-3-7-14(13)15(9-17)16(19-11)18-10-12-5-4-8-20-12/h12H,2-8,10H2,1H3,(H,18,19)/t12-/m0/s1. The quantitative estimate of drug-likeness (QED) is 0.918. The lowest BCUT2D eigenvalue weighted by Gasteiger charge is -2.21. The molecule has 0 aromatic carbocycles. The first-order valence-electron chi connectivity index (χ1n) is 7.57. The summed E-state index contributed by atoms with van der Waals surface area (Å²) in [4.78, 5) is 4.63. The van der Waals surface area contributed by atoms with Crippen LogP contribution >= 0.6 is 0 Å². The molecular formula is C16H21N3O. The highest BCUT2D eigenvalue weighted by Gasteiger charge is 2.21. The van der Waals surface area contributed by atoms with Crippen molar-refractivity contribution in [2.45, 2.75) is 51.6 Å². The van der Waals surface area contributed by atoms with Gasteiger partial charge in [0.05, 0.1) is 11.7 Å². The summed E-state index contributed by atoms with van der Waals surface area (Å²) in [5.41, 5.74) is 4.35. The van der Waals surface area contributed by atoms with Gasteiger partial charge in [-0.05, 0) is 56.6 Å². The fourth-order valence-corrected chi connectivity index (χ4v) is 3.28. The van der Waals surface area contributed by atoms with E-state index in [0.29, 0.717) is 0 Å². The Morgan fingerprint density at radius 3 is 2.80 bits per heavy atom. The SMILES string of the molecule is Cc1nc(NC[C@@H]2CCCO2)c(C#N)c2c1CCCC2. The molecule has 1 atom stereocenters. The van der Waals surface area contributed by atoms with Crippen LogP contribution in [0.15, 0.2) is 0 Å². The van der Waals surface area contributed by atoms with Crippen molar-refractivity contribution in [1.29, 1.82) is 5.26 Å². The third-order valence-electron chi connectivity index (χ3n) is 4.36. The smallest absolute Gasteiger partial charge is 0.144 e. The van der Waals surface area contributed by atoms with Gasteiger partial charge in [0.25, 0.3) is 0 Å². The predicted octanol–water partition coefficient (Wildman–Crippen LogP) is 2.73. The number of aryl methyl sites for hydroxylation is 1. The highest BCUT2D eigenvalue weighted by atomic mass is 16.5. The first kappa shape index (κ1) is 13.4. The van der Waals surface area contributed by atoms with E-state index in [0.717, 1.165) is 55.9 Å². The monoisotopic (exact) mass is 271 g/mol. The van der Waals surface area contributed by atoms with Gasteiger partial charge in [-0.3, -0.25) is 0 Å². The van der Waals surface area contributed by atoms with Gasteiger partial charge in [-0.25, -0.2) is 4.98 Å². The van der Waals surface area contributed by atoms with Crippen molar-refractivity contribution in [3.8, 4) is 6.07 Å². The summed E-state index contributed by atoms with van der Waals surface area (Å²) in [5, 5.41) is 12.8. The van der Waals surface area contributed by atoms with Gasteiger partial charge in [0, 0.05) is 18.8 Å². The third kappa shape index (κ3) is 2.51. The molecule has 1 aliphatic heterocycles. The Morgan fingerprint density at radius 1 is 1.30 bits per heavy atom. The molecule has 1 N–H and O–H groups in total. The second-order valence-corrected chi connectivity index (χ2v) is 5.71. The number of hydrogen-bond donors (Lipinski definition) is 1. The van der Waals surface area contributed by atoms with Gasteiger partial charge in [0.15, 0.2) is 0 Å². The maximum atomic E-state index is 9.50. The van der Waals surface area contributed by atoms with Crippen LogP contribution in [0.5, 0.6) is 0 Å². The van der Waals surface area contributed by atoms with Gasteiger partial charge in [-0.1, -0.05) is 0 Å². The maximum Gasteiger partial charge on any atom is 0.144 e. The van der Waals surface area contributed by atoms with E-state index in [9.17, 15) is 5.26 Å². The summed E-state index contributed by atoms with van der Waals surface area (Å²) in [6.45, 7) is 3.66. The van der Waals surface area contributed by atoms with E-state index in [-0.39, 0.29) is 6.10 Å². The van der Waals surface area contributed by atoms with Gasteiger partial charge in [0.1, 0.15) is 11.9 Å². The number of hydrogen-bond acceptors (Lipinski definition) is 4. The van der Waals surface area contributed by atoms with Crippen LogP contribution in [0.4, 0.5) is 5.82 Å². The van der Waals surface area contributed by atoms with E-state index < -0.39 is 0 Å². The zero-order chi connectivity index (χ0) is 13.9. The van der Waals surface area contributed by atoms with Crippen LogP contribution in [0, 0.1) is 18.3 Å². The minimum Gasteiger partial charge on any atom is -0.376 e. The van der Waals surface area contributed by atoms with Crippen molar-refractivity contribution in [3.05, 3.63) is 22.4 Å². The van der Waals surface area contributed by atoms with E-state index in [1.165, 1.54) is 24.0 Å². The summed E-state index contributed by atoms with van der Waals surface area (Å²) in [6, 6.07) is 2.36. The average Bonchev–Trinajstić information content (AvgIpc) is 2.99. The summed E-state index contributed by atoms with van der Waals surface area (Å²) < 4.78 is 5.62. The number of ether oxygens (including phenoxy) is 1. The van der Waals surface area contributed by atoms with Gasteiger partial charge in [0.2, 0.25) is 0 Å². The van der Waals surface area contributed by atoms with Crippen molar-refractivity contribution in [3.63, 3.8) is 0 Å². The largest absolute Gasteiger partial charge is 0.376 e. The lowest BCUT2D eigenvalue weighted by Crippen LogP contribution is -2.21. The van der Waals surface area contributed by atoms with E-state index in [4.69, 9.17) is 4.74 Å². The maximum absolute atomic E-state index is 9.50. The molecule has 1 aromatic rings. The molecule has 4 heteroatoms. The van der Waals surface area contributed by atoms with Crippen molar-refractivity contribution in [1.82, 2.24) is 4.98 Å². The molecule has 0 bridgehead atoms. The second-order valence-electron chi connectivity index (χ2n) is 5.71. The van der Waals surface area contributed by atoms with Crippen molar-refractivity contribution < 1.29 is 4.74 Å². The summed E-state index contributed by atoms with van der Waals surface area (Å²) in [5.74, 6) is 0.751. The molecule has 0 unspecified atom stereocenters. The van der Waals surface area contributed by atoms with Crippen LogP contribution in [-0.4, -0.2) is 24.2 Å². The van der Waals surface area contributed by atoms with Crippen LogP contribution in [0.1, 0.15) is 48.1 Å². The van der Waals surface area contributed by atoms with Crippen LogP contribution in [-0.2, 0) is 17.6 Å². The molecule has 106 valence electrons. The highest BCUT2D eigenvalue weighted by molar-refractivity contribution is 5.60. The van der Waals surface area contributed by atoms with Crippen LogP contribution < -0.4 is 5.32 Å². The Hall–Kier alpha value is -1.60. The fourth-order valence-electron chi connectivity index (χ4n) is 3.28. The Bertz CT molecular complexity index is 542. The molecule has 0 saturated carbocycles. The highest BCUT2D eigenvalue weighted by Crippen LogP contribution is 2.30. The Balaban J connectivity index is 1.86. The molecule has 0 radical (unpaired) electrons. The van der Waals surface area contributed by atoms with Crippen LogP contribution in [0.3, 0.4) is 0 Å². The van der Waals surface area contributed by atoms with E-state index in [1.807, 2.05) is 0 Å². The number of anilines is 1. The van der Waals surface area contributed by atoms with Crippen molar-refractivity contribution >= 4 is 5.82 Å². The number of pyridine rings is 1. The molecule has 1 aromatic heterocycles. The molecule has 0 spiro atoms. The molecule has 3 rings (SSSR count). The third-order valence-corrected chi connectivity index (χ3v) is 4.36. The lowest BCUT2D eigenvalue weighted by atomic mass is 9.88. The molecule has 1 saturated heterocycles. The van der Waals surface area contributed by atoms with Gasteiger partial charge >= 0.3 is 0 Å². The molecule has 0 amide bonds. The van der Waals surface area contributed by atoms with Crippen LogP contribution in [0.2, 0.25) is 0 Å². The topological polar surface area (TPSA) is 57.9 Å². The second kappa shape index (κ2) is 5.80. The molecule has 20 heavy (non-hydrogen) atoms. The Labute approximate surface area is 120 Å². The molecule has 2 heterocycles. The van der Waals surface area contributed by atoms with E-state index in [1.54, 1.807) is 0 Å². The number of aromatic nitrogens is 1. The number of nitrogens with zero attached hydrogens (tertiary/aromatic N) is 2. The summed E-state index contributed by atoms with van der Waals surface area (Å²) in [7, 11) is 0. The minimum atomic E-state index is 0.264. The summed E-state index contributed by atoms with van der Waals surface area (Å²) >= 11 is 0. The normalized spacial score (nSPS) is 21.3.